The zero-order valence-electron chi connectivity index (χ0n) is 13.2. The fourth-order valence-corrected chi connectivity index (χ4v) is 3.29. The van der Waals surface area contributed by atoms with Gasteiger partial charge in [-0.2, -0.15) is 0 Å². The first-order valence-corrected chi connectivity index (χ1v) is 8.10. The number of hydrogen-bond donors (Lipinski definition) is 0. The van der Waals surface area contributed by atoms with Crippen LogP contribution in [0.4, 0.5) is 4.39 Å². The van der Waals surface area contributed by atoms with Gasteiger partial charge in [-0.25, -0.2) is 4.39 Å². The third-order valence-corrected chi connectivity index (χ3v) is 5.06. The number of Topliss-reactive ketones (excluding diaryl/α,β-unsaturated/α-hetero) is 1. The maximum atomic E-state index is 12.8. The van der Waals surface area contributed by atoms with Gasteiger partial charge in [0.2, 0.25) is 0 Å². The second-order valence-electron chi connectivity index (χ2n) is 6.27. The van der Waals surface area contributed by atoms with Crippen molar-refractivity contribution in [2.45, 2.75) is 46.0 Å². The molecule has 0 N–H and O–H groups in total. The van der Waals surface area contributed by atoms with E-state index in [9.17, 15) is 9.18 Å². The molecule has 116 valence electrons. The molecule has 0 amide bonds. The first-order valence-electron chi connectivity index (χ1n) is 8.10. The molecule has 1 fully saturated rings. The first kappa shape index (κ1) is 16.2. The highest BCUT2D eigenvalue weighted by molar-refractivity contribution is 5.95. The maximum Gasteiger partial charge on any atom is 0.162 e. The Bertz CT molecular complexity index is 465. The zero-order chi connectivity index (χ0) is 15.3. The second kappa shape index (κ2) is 7.17. The molecule has 0 spiro atoms. The third kappa shape index (κ3) is 4.13. The SMILES string of the molecule is CCC1(CC)CCN(CCCC(=O)c2ccc(F)cc2)C1. The molecule has 0 unspecified atom stereocenters. The lowest BCUT2D eigenvalue weighted by Gasteiger charge is -2.26. The Morgan fingerprint density at radius 2 is 1.90 bits per heavy atom. The predicted octanol–water partition coefficient (Wildman–Crippen LogP) is 4.30. The molecular weight excluding hydrogens is 265 g/mol. The van der Waals surface area contributed by atoms with Crippen molar-refractivity contribution in [1.29, 1.82) is 0 Å². The monoisotopic (exact) mass is 291 g/mol. The molecule has 0 aromatic heterocycles. The molecule has 1 saturated heterocycles. The minimum atomic E-state index is -0.293. The van der Waals surface area contributed by atoms with E-state index in [1.54, 1.807) is 12.1 Å². The van der Waals surface area contributed by atoms with E-state index in [0.29, 0.717) is 17.4 Å². The summed E-state index contributed by atoms with van der Waals surface area (Å²) >= 11 is 0. The second-order valence-corrected chi connectivity index (χ2v) is 6.27. The summed E-state index contributed by atoms with van der Waals surface area (Å²) in [6.07, 6.45) is 5.21. The van der Waals surface area contributed by atoms with Gasteiger partial charge in [0.1, 0.15) is 5.82 Å². The van der Waals surface area contributed by atoms with Gasteiger partial charge in [-0.15, -0.1) is 0 Å². The zero-order valence-corrected chi connectivity index (χ0v) is 13.2. The van der Waals surface area contributed by atoms with Gasteiger partial charge < -0.3 is 4.90 Å². The number of likely N-dealkylation sites (tertiary alicyclic amines) is 1. The highest BCUT2D eigenvalue weighted by atomic mass is 19.1. The van der Waals surface area contributed by atoms with Crippen molar-refractivity contribution in [3.63, 3.8) is 0 Å². The molecule has 2 nitrogen and oxygen atoms in total. The van der Waals surface area contributed by atoms with E-state index in [1.807, 2.05) is 0 Å². The lowest BCUT2D eigenvalue weighted by atomic mass is 9.82. The molecule has 1 aliphatic rings. The average Bonchev–Trinajstić information content (AvgIpc) is 2.92. The van der Waals surface area contributed by atoms with Crippen LogP contribution in [0.3, 0.4) is 0 Å². The molecule has 1 aromatic rings. The number of carbonyl (C=O) groups excluding carboxylic acids is 1. The van der Waals surface area contributed by atoms with Crippen LogP contribution < -0.4 is 0 Å². The quantitative estimate of drug-likeness (QED) is 0.698. The van der Waals surface area contributed by atoms with E-state index in [0.717, 1.165) is 19.5 Å². The number of halogens is 1. The Balaban J connectivity index is 1.75. The van der Waals surface area contributed by atoms with E-state index in [2.05, 4.69) is 18.7 Å². The number of hydrogen-bond acceptors (Lipinski definition) is 2. The summed E-state index contributed by atoms with van der Waals surface area (Å²) in [5.74, 6) is -0.175. The number of rotatable bonds is 7. The molecule has 1 aliphatic heterocycles. The molecule has 1 heterocycles. The lowest BCUT2D eigenvalue weighted by Crippen LogP contribution is -2.27. The van der Waals surface area contributed by atoms with Crippen molar-refractivity contribution in [3.05, 3.63) is 35.6 Å². The van der Waals surface area contributed by atoms with Gasteiger partial charge in [-0.05, 0) is 68.5 Å². The number of ketones is 1. The summed E-state index contributed by atoms with van der Waals surface area (Å²) in [6, 6.07) is 5.86. The van der Waals surface area contributed by atoms with Crippen molar-refractivity contribution in [1.82, 2.24) is 4.90 Å². The summed E-state index contributed by atoms with van der Waals surface area (Å²) in [7, 11) is 0. The largest absolute Gasteiger partial charge is 0.303 e. The van der Waals surface area contributed by atoms with Gasteiger partial charge in [-0.3, -0.25) is 4.79 Å². The number of benzene rings is 1. The Hall–Kier alpha value is -1.22. The van der Waals surface area contributed by atoms with Crippen LogP contribution in [-0.2, 0) is 0 Å². The lowest BCUT2D eigenvalue weighted by molar-refractivity contribution is 0.0975. The maximum absolute atomic E-state index is 12.8. The van der Waals surface area contributed by atoms with Crippen LogP contribution in [0.1, 0.15) is 56.3 Å². The van der Waals surface area contributed by atoms with Crippen molar-refractivity contribution >= 4 is 5.78 Å². The topological polar surface area (TPSA) is 20.3 Å². The molecule has 0 atom stereocenters. The van der Waals surface area contributed by atoms with E-state index in [1.165, 1.54) is 37.9 Å². The van der Waals surface area contributed by atoms with Crippen LogP contribution in [0.2, 0.25) is 0 Å². The van der Waals surface area contributed by atoms with Crippen molar-refractivity contribution < 1.29 is 9.18 Å². The van der Waals surface area contributed by atoms with Gasteiger partial charge >= 0.3 is 0 Å². The fourth-order valence-electron chi connectivity index (χ4n) is 3.29. The predicted molar refractivity (Wildman–Crippen MR) is 84.0 cm³/mol. The Morgan fingerprint density at radius 1 is 1.24 bits per heavy atom. The van der Waals surface area contributed by atoms with Crippen molar-refractivity contribution in [3.8, 4) is 0 Å². The summed E-state index contributed by atoms with van der Waals surface area (Å²) in [4.78, 5) is 14.5. The molecule has 1 aromatic carbocycles. The van der Waals surface area contributed by atoms with E-state index in [-0.39, 0.29) is 11.6 Å². The van der Waals surface area contributed by atoms with Crippen LogP contribution >= 0.6 is 0 Å². The fraction of sp³-hybridized carbons (Fsp3) is 0.611. The standard InChI is InChI=1S/C18H26FNO/c1-3-18(4-2)11-13-20(14-18)12-5-6-17(21)15-7-9-16(19)10-8-15/h7-10H,3-6,11-14H2,1-2H3. The summed E-state index contributed by atoms with van der Waals surface area (Å²) in [6.45, 7) is 7.89. The molecular formula is C18H26FNO. The van der Waals surface area contributed by atoms with Gasteiger partial charge in [0, 0.05) is 18.5 Å². The molecule has 21 heavy (non-hydrogen) atoms. The number of nitrogens with zero attached hydrogens (tertiary/aromatic N) is 1. The minimum absolute atomic E-state index is 0.117. The van der Waals surface area contributed by atoms with Gasteiger partial charge in [-0.1, -0.05) is 13.8 Å². The van der Waals surface area contributed by atoms with Gasteiger partial charge in [0.05, 0.1) is 0 Å². The average molecular weight is 291 g/mol. The van der Waals surface area contributed by atoms with Gasteiger partial charge in [0.25, 0.3) is 0 Å². The van der Waals surface area contributed by atoms with E-state index < -0.39 is 0 Å². The Kier molecular flexibility index (Phi) is 5.51. The number of carbonyl (C=O) groups is 1. The third-order valence-electron chi connectivity index (χ3n) is 5.06. The molecule has 0 radical (unpaired) electrons. The molecule has 3 heteroatoms. The highest BCUT2D eigenvalue weighted by Crippen LogP contribution is 2.36. The molecule has 2 rings (SSSR count). The van der Waals surface area contributed by atoms with Crippen LogP contribution in [-0.4, -0.2) is 30.3 Å². The van der Waals surface area contributed by atoms with Crippen LogP contribution in [0, 0.1) is 11.2 Å². The van der Waals surface area contributed by atoms with E-state index in [4.69, 9.17) is 0 Å². The summed E-state index contributed by atoms with van der Waals surface area (Å²) in [5.41, 5.74) is 1.12. The molecule has 0 bridgehead atoms. The smallest absolute Gasteiger partial charge is 0.162 e. The summed E-state index contributed by atoms with van der Waals surface area (Å²) < 4.78 is 12.8. The van der Waals surface area contributed by atoms with Gasteiger partial charge in [0.15, 0.2) is 5.78 Å². The van der Waals surface area contributed by atoms with Crippen LogP contribution in [0.25, 0.3) is 0 Å². The Labute approximate surface area is 127 Å². The van der Waals surface area contributed by atoms with E-state index >= 15 is 0 Å². The molecule has 0 saturated carbocycles. The van der Waals surface area contributed by atoms with Crippen LogP contribution in [0.5, 0.6) is 0 Å². The highest BCUT2D eigenvalue weighted by Gasteiger charge is 2.34. The first-order chi connectivity index (χ1) is 10.1. The molecule has 0 aliphatic carbocycles. The van der Waals surface area contributed by atoms with Crippen molar-refractivity contribution in [2.75, 3.05) is 19.6 Å². The normalized spacial score (nSPS) is 18.0. The summed E-state index contributed by atoms with van der Waals surface area (Å²) in [5, 5.41) is 0. The Morgan fingerprint density at radius 3 is 2.48 bits per heavy atom. The van der Waals surface area contributed by atoms with Crippen LogP contribution in [0.15, 0.2) is 24.3 Å². The minimum Gasteiger partial charge on any atom is -0.303 e. The van der Waals surface area contributed by atoms with Crippen molar-refractivity contribution in [2.24, 2.45) is 5.41 Å².